The molecular formula is C86H101N7. The second-order valence-corrected chi connectivity index (χ2v) is 31.9. The monoisotopic (exact) mass is 1230 g/mol. The minimum atomic E-state index is 0.117. The number of benzene rings is 5. The number of fused-ring (bicyclic) bond motifs is 5. The summed E-state index contributed by atoms with van der Waals surface area (Å²) in [5, 5.41) is 0. The molecule has 7 nitrogen and oxygen atoms in total. The minimum Gasteiger partial charge on any atom is -0.337 e. The van der Waals surface area contributed by atoms with Crippen molar-refractivity contribution in [3.63, 3.8) is 0 Å². The molecule has 8 aromatic rings. The number of hydrogen-bond acceptors (Lipinski definition) is 7. The van der Waals surface area contributed by atoms with Gasteiger partial charge in [0.1, 0.15) is 17.5 Å². The van der Waals surface area contributed by atoms with Gasteiger partial charge in [-0.05, 0) is 256 Å². The van der Waals surface area contributed by atoms with E-state index >= 15 is 0 Å². The van der Waals surface area contributed by atoms with Gasteiger partial charge in [0, 0.05) is 110 Å². The van der Waals surface area contributed by atoms with Crippen LogP contribution in [0.5, 0.6) is 0 Å². The molecule has 0 amide bonds. The Labute approximate surface area is 556 Å². The lowest BCUT2D eigenvalue weighted by molar-refractivity contribution is -0.0655. The standard InChI is InChI=1S/C25H29N.C24H28N2.C20H24N2.C17H20N2/c1-16-7-3-5-9-23(16)26-17(2)25(22-8-4-6-10-24(22)26)20-12-18-11-19(14-20)15-21(25)13-18;1-15-6-3-4-8-22(15)26-16(2)24(21-7-5-9-25-23(21)26)19-11-17-10-18(13-19)14-20(24)12-17;1-15-9-4-5-11-18(15)22-16(2)20(12-6-3-7-13-20)17-10-8-14-21-19(17)22;1-12-8-5-6-10-15(12)19-13(2)17(3,4)14-9-7-11-18-16(14)19/h3-10,17-21H,11-15H2,1-2H3;3-9,16-20H,10-14H2,1-2H3;4-5,8-11,14,16H,3,6-7,12-13H2,1-2H3;5-11,13H,1-4H3. The van der Waals surface area contributed by atoms with Crippen LogP contribution < -0.4 is 19.6 Å². The summed E-state index contributed by atoms with van der Waals surface area (Å²) in [6, 6.07) is 59.7. The molecule has 3 spiro atoms. The largest absolute Gasteiger partial charge is 0.337 e. The summed E-state index contributed by atoms with van der Waals surface area (Å²) in [6.45, 7) is 23.2. The number of pyridine rings is 3. The lowest BCUT2D eigenvalue weighted by Crippen LogP contribution is -2.60. The third kappa shape index (κ3) is 9.23. The molecule has 8 bridgehead atoms. The van der Waals surface area contributed by atoms with E-state index < -0.39 is 0 Å². The summed E-state index contributed by atoms with van der Waals surface area (Å²) in [6.07, 6.45) is 27.3. The summed E-state index contributed by atoms with van der Waals surface area (Å²) in [4.78, 5) is 24.5. The Bertz CT molecular complexity index is 3880. The van der Waals surface area contributed by atoms with E-state index in [0.717, 1.165) is 53.2 Å². The summed E-state index contributed by atoms with van der Waals surface area (Å²) in [5.41, 5.74) is 19.4. The Morgan fingerprint density at radius 1 is 0.312 bits per heavy atom. The predicted octanol–water partition coefficient (Wildman–Crippen LogP) is 21.2. The van der Waals surface area contributed by atoms with Gasteiger partial charge in [-0.15, -0.1) is 0 Å². The summed E-state index contributed by atoms with van der Waals surface area (Å²) in [5.74, 6) is 11.1. The topological polar surface area (TPSA) is 51.6 Å². The van der Waals surface area contributed by atoms with Gasteiger partial charge >= 0.3 is 0 Å². The number of anilines is 8. The number of aromatic nitrogens is 3. The second-order valence-electron chi connectivity index (χ2n) is 31.9. The zero-order valence-electron chi connectivity index (χ0n) is 57.4. The molecule has 13 aliphatic rings. The molecule has 21 rings (SSSR count). The quantitative estimate of drug-likeness (QED) is 0.174. The number of nitrogens with zero attached hydrogens (tertiary/aromatic N) is 7. The third-order valence-corrected chi connectivity index (χ3v) is 27.4. The molecule has 480 valence electrons. The number of hydrogen-bond donors (Lipinski definition) is 0. The van der Waals surface area contributed by atoms with Crippen LogP contribution in [0.1, 0.15) is 182 Å². The van der Waals surface area contributed by atoms with Crippen molar-refractivity contribution in [3.8, 4) is 0 Å². The van der Waals surface area contributed by atoms with Gasteiger partial charge in [-0.2, -0.15) is 0 Å². The molecule has 4 unspecified atom stereocenters. The maximum Gasteiger partial charge on any atom is 0.137 e. The van der Waals surface area contributed by atoms with Gasteiger partial charge in [-0.3, -0.25) is 0 Å². The molecule has 7 heterocycles. The van der Waals surface area contributed by atoms with Crippen LogP contribution >= 0.6 is 0 Å². The second kappa shape index (κ2) is 23.3. The van der Waals surface area contributed by atoms with Crippen LogP contribution in [0.4, 0.5) is 45.9 Å². The van der Waals surface area contributed by atoms with Gasteiger partial charge in [0.05, 0.1) is 0 Å². The van der Waals surface area contributed by atoms with E-state index in [2.05, 4.69) is 245 Å². The lowest BCUT2D eigenvalue weighted by Gasteiger charge is -2.62. The van der Waals surface area contributed by atoms with Gasteiger partial charge < -0.3 is 19.6 Å². The van der Waals surface area contributed by atoms with Crippen LogP contribution in [0.15, 0.2) is 176 Å². The first-order valence-electron chi connectivity index (χ1n) is 36.5. The molecule has 3 aromatic heterocycles. The van der Waals surface area contributed by atoms with Crippen LogP contribution in [0.2, 0.25) is 0 Å². The highest BCUT2D eigenvalue weighted by Crippen LogP contribution is 2.71. The van der Waals surface area contributed by atoms with Gasteiger partial charge in [-0.1, -0.05) is 142 Å². The molecule has 93 heavy (non-hydrogen) atoms. The van der Waals surface area contributed by atoms with Crippen molar-refractivity contribution in [2.45, 2.75) is 211 Å². The van der Waals surface area contributed by atoms with Crippen molar-refractivity contribution in [1.82, 2.24) is 15.0 Å². The molecule has 0 N–H and O–H groups in total. The van der Waals surface area contributed by atoms with Gasteiger partial charge in [-0.25, -0.2) is 15.0 Å². The van der Waals surface area contributed by atoms with Gasteiger partial charge in [0.25, 0.3) is 0 Å². The lowest BCUT2D eigenvalue weighted by atomic mass is 9.42. The number of rotatable bonds is 4. The van der Waals surface area contributed by atoms with Crippen LogP contribution in [-0.2, 0) is 21.7 Å². The highest BCUT2D eigenvalue weighted by Gasteiger charge is 2.66. The van der Waals surface area contributed by atoms with E-state index in [9.17, 15) is 0 Å². The third-order valence-electron chi connectivity index (χ3n) is 27.4. The Morgan fingerprint density at radius 2 is 0.634 bits per heavy atom. The summed E-state index contributed by atoms with van der Waals surface area (Å²) < 4.78 is 0. The highest BCUT2D eigenvalue weighted by atomic mass is 15.3. The smallest absolute Gasteiger partial charge is 0.137 e. The first-order chi connectivity index (χ1) is 45.2. The van der Waals surface area contributed by atoms with Crippen molar-refractivity contribution < 1.29 is 0 Å². The van der Waals surface area contributed by atoms with Crippen molar-refractivity contribution >= 4 is 45.9 Å². The number of para-hydroxylation sites is 5. The Hall–Kier alpha value is -7.25. The molecule has 9 aliphatic carbocycles. The van der Waals surface area contributed by atoms with E-state index in [0.29, 0.717) is 40.4 Å². The fourth-order valence-electron chi connectivity index (χ4n) is 23.4. The minimum absolute atomic E-state index is 0.117. The Balaban J connectivity index is 0.0000000992. The molecule has 9 saturated carbocycles. The summed E-state index contributed by atoms with van der Waals surface area (Å²) >= 11 is 0. The highest BCUT2D eigenvalue weighted by molar-refractivity contribution is 5.78. The molecular weight excluding hydrogens is 1130 g/mol. The number of aryl methyl sites for hydroxylation is 4. The van der Waals surface area contributed by atoms with Crippen molar-refractivity contribution in [3.05, 3.63) is 221 Å². The molecule has 9 fully saturated rings. The molecule has 4 atom stereocenters. The van der Waals surface area contributed by atoms with Crippen LogP contribution in [0.3, 0.4) is 0 Å². The SMILES string of the molecule is Cc1ccccc1N1c2ccccc2C2(C3CC4CC(C3)CC2C4)C1C.Cc1ccccc1N1c2ncccc2C(C)(C)C1C.Cc1ccccc1N1c2ncccc2C2(C3CC4CC(C3)CC2C4)C1C.Cc1ccccc1N1c2ncccc2C2(CCCCC2)C1C. The molecule has 7 heteroatoms. The molecule has 0 saturated heterocycles. The van der Waals surface area contributed by atoms with E-state index in [-0.39, 0.29) is 5.41 Å². The predicted molar refractivity (Wildman–Crippen MR) is 386 cm³/mol. The average molecular weight is 1230 g/mol. The maximum absolute atomic E-state index is 4.94. The fraction of sp³-hybridized carbons (Fsp3) is 0.477. The van der Waals surface area contributed by atoms with Gasteiger partial charge in [0.2, 0.25) is 0 Å². The molecule has 5 aromatic carbocycles. The normalized spacial score (nSPS) is 31.7. The van der Waals surface area contributed by atoms with E-state index in [4.69, 9.17) is 9.97 Å². The van der Waals surface area contributed by atoms with Crippen LogP contribution in [0, 0.1) is 75.0 Å². The summed E-state index contributed by atoms with van der Waals surface area (Å²) in [7, 11) is 0. The van der Waals surface area contributed by atoms with E-state index in [1.807, 2.05) is 24.7 Å². The van der Waals surface area contributed by atoms with Gasteiger partial charge in [0.15, 0.2) is 0 Å². The fourth-order valence-corrected chi connectivity index (χ4v) is 23.4. The van der Waals surface area contributed by atoms with Crippen molar-refractivity contribution in [1.29, 1.82) is 0 Å². The van der Waals surface area contributed by atoms with E-state index in [1.165, 1.54) is 170 Å². The zero-order chi connectivity index (χ0) is 63.7. The Kier molecular flexibility index (Phi) is 15.2. The maximum atomic E-state index is 4.94. The molecule has 4 aliphatic heterocycles. The van der Waals surface area contributed by atoms with Crippen LogP contribution in [-0.4, -0.2) is 39.1 Å². The van der Waals surface area contributed by atoms with E-state index in [1.54, 1.807) is 11.1 Å². The average Bonchev–Trinajstić information content (AvgIpc) is 1.61. The molecule has 0 radical (unpaired) electrons. The Morgan fingerprint density at radius 3 is 1.09 bits per heavy atom. The zero-order valence-corrected chi connectivity index (χ0v) is 57.4. The van der Waals surface area contributed by atoms with Crippen LogP contribution in [0.25, 0.3) is 0 Å². The van der Waals surface area contributed by atoms with Crippen molar-refractivity contribution in [2.75, 3.05) is 19.6 Å². The first kappa shape index (κ1) is 60.7. The first-order valence-corrected chi connectivity index (χ1v) is 36.5. The van der Waals surface area contributed by atoms with Crippen molar-refractivity contribution in [2.24, 2.45) is 47.3 Å².